The van der Waals surface area contributed by atoms with Gasteiger partial charge in [-0.2, -0.15) is 0 Å². The van der Waals surface area contributed by atoms with E-state index in [1.807, 2.05) is 19.9 Å². The van der Waals surface area contributed by atoms with Crippen LogP contribution in [0.1, 0.15) is 33.1 Å². The molecular formula is C14H21FN2S. The lowest BCUT2D eigenvalue weighted by atomic mass is 9.86. The van der Waals surface area contributed by atoms with Gasteiger partial charge in [0, 0.05) is 10.3 Å². The van der Waals surface area contributed by atoms with Crippen LogP contribution < -0.4 is 5.73 Å². The van der Waals surface area contributed by atoms with Gasteiger partial charge in [-0.15, -0.1) is 11.8 Å². The van der Waals surface area contributed by atoms with E-state index in [-0.39, 0.29) is 17.1 Å². The Bertz CT molecular complexity index is 405. The van der Waals surface area contributed by atoms with Gasteiger partial charge < -0.3 is 5.73 Å². The second-order valence-electron chi connectivity index (χ2n) is 5.03. The molecule has 1 rings (SSSR count). The third-order valence-corrected chi connectivity index (χ3v) is 4.15. The molecule has 1 aromatic carbocycles. The number of nitrogens with two attached hydrogens (primary N) is 1. The summed E-state index contributed by atoms with van der Waals surface area (Å²) in [6.45, 7) is 3.97. The van der Waals surface area contributed by atoms with Crippen molar-refractivity contribution in [3.8, 4) is 0 Å². The molecule has 0 aliphatic carbocycles. The average Bonchev–Trinajstić information content (AvgIpc) is 2.30. The Hall–Kier alpha value is -1.03. The second-order valence-corrected chi connectivity index (χ2v) is 6.17. The maximum Gasteiger partial charge on any atom is 0.136 e. The summed E-state index contributed by atoms with van der Waals surface area (Å²) < 4.78 is 13.3. The standard InChI is InChI=1S/C14H21FN2S/c1-14(2,13(16)17)9-5-6-10-18-12-8-4-3-7-11(12)15/h3-4,7-8H,5-6,9-10H2,1-2H3,(H3,16,17). The topological polar surface area (TPSA) is 49.9 Å². The molecule has 0 aromatic heterocycles. The summed E-state index contributed by atoms with van der Waals surface area (Å²) in [4.78, 5) is 0.711. The molecule has 0 aliphatic heterocycles. The molecule has 0 unspecified atom stereocenters. The Kier molecular flexibility index (Phi) is 5.66. The third-order valence-electron chi connectivity index (χ3n) is 3.02. The molecule has 0 radical (unpaired) electrons. The van der Waals surface area contributed by atoms with E-state index in [2.05, 4.69) is 0 Å². The molecule has 0 atom stereocenters. The monoisotopic (exact) mass is 268 g/mol. The molecule has 3 N–H and O–H groups in total. The van der Waals surface area contributed by atoms with E-state index < -0.39 is 0 Å². The SMILES string of the molecule is CC(C)(CCCCSc1ccccc1F)C(=N)N. The molecular weight excluding hydrogens is 247 g/mol. The van der Waals surface area contributed by atoms with Crippen LogP contribution in [0.5, 0.6) is 0 Å². The predicted molar refractivity (Wildman–Crippen MR) is 76.7 cm³/mol. The van der Waals surface area contributed by atoms with Crippen LogP contribution in [0.3, 0.4) is 0 Å². The number of hydrogen-bond acceptors (Lipinski definition) is 2. The molecule has 0 amide bonds. The highest BCUT2D eigenvalue weighted by Crippen LogP contribution is 2.26. The van der Waals surface area contributed by atoms with Crippen molar-refractivity contribution in [1.29, 1.82) is 5.41 Å². The molecule has 100 valence electrons. The molecule has 1 aromatic rings. The van der Waals surface area contributed by atoms with Crippen molar-refractivity contribution in [2.24, 2.45) is 11.1 Å². The normalized spacial score (nSPS) is 11.5. The largest absolute Gasteiger partial charge is 0.387 e. The average molecular weight is 268 g/mol. The van der Waals surface area contributed by atoms with Gasteiger partial charge in [-0.3, -0.25) is 5.41 Å². The lowest BCUT2D eigenvalue weighted by Crippen LogP contribution is -2.30. The van der Waals surface area contributed by atoms with E-state index in [0.29, 0.717) is 4.90 Å². The highest BCUT2D eigenvalue weighted by Gasteiger charge is 2.20. The van der Waals surface area contributed by atoms with Crippen LogP contribution in [0, 0.1) is 16.6 Å². The maximum absolute atomic E-state index is 13.3. The zero-order valence-corrected chi connectivity index (χ0v) is 11.8. The Morgan fingerprint density at radius 3 is 2.61 bits per heavy atom. The van der Waals surface area contributed by atoms with Gasteiger partial charge in [-0.1, -0.05) is 32.4 Å². The van der Waals surface area contributed by atoms with Gasteiger partial charge in [0.1, 0.15) is 5.82 Å². The van der Waals surface area contributed by atoms with Crippen LogP contribution in [0.25, 0.3) is 0 Å². The highest BCUT2D eigenvalue weighted by molar-refractivity contribution is 7.99. The minimum absolute atomic E-state index is 0.147. The summed E-state index contributed by atoms with van der Waals surface area (Å²) in [5.41, 5.74) is 5.30. The van der Waals surface area contributed by atoms with Gasteiger partial charge in [0.25, 0.3) is 0 Å². The summed E-state index contributed by atoms with van der Waals surface area (Å²) >= 11 is 1.55. The first-order valence-electron chi connectivity index (χ1n) is 6.15. The first-order valence-corrected chi connectivity index (χ1v) is 7.14. The van der Waals surface area contributed by atoms with Crippen molar-refractivity contribution in [2.45, 2.75) is 38.0 Å². The summed E-state index contributed by atoms with van der Waals surface area (Å²) in [6.07, 6.45) is 2.92. The Labute approximate surface area is 113 Å². The molecule has 0 saturated heterocycles. The van der Waals surface area contributed by atoms with E-state index in [9.17, 15) is 4.39 Å². The number of nitrogens with one attached hydrogen (secondary N) is 1. The fourth-order valence-corrected chi connectivity index (χ4v) is 2.50. The summed E-state index contributed by atoms with van der Waals surface area (Å²) in [6, 6.07) is 6.85. The van der Waals surface area contributed by atoms with Gasteiger partial charge in [0.15, 0.2) is 0 Å². The highest BCUT2D eigenvalue weighted by atomic mass is 32.2. The number of unbranched alkanes of at least 4 members (excludes halogenated alkanes) is 1. The number of halogens is 1. The van der Waals surface area contributed by atoms with Gasteiger partial charge in [-0.05, 0) is 30.7 Å². The molecule has 0 spiro atoms. The van der Waals surface area contributed by atoms with Crippen molar-refractivity contribution in [3.05, 3.63) is 30.1 Å². The van der Waals surface area contributed by atoms with E-state index in [4.69, 9.17) is 11.1 Å². The van der Waals surface area contributed by atoms with Crippen LogP contribution in [-0.2, 0) is 0 Å². The first-order chi connectivity index (χ1) is 8.43. The van der Waals surface area contributed by atoms with Gasteiger partial charge in [-0.25, -0.2) is 4.39 Å². The van der Waals surface area contributed by atoms with Crippen LogP contribution in [0.2, 0.25) is 0 Å². The van der Waals surface area contributed by atoms with Crippen LogP contribution >= 0.6 is 11.8 Å². The van der Waals surface area contributed by atoms with Crippen molar-refractivity contribution >= 4 is 17.6 Å². The second kappa shape index (κ2) is 6.78. The Balaban J connectivity index is 2.24. The van der Waals surface area contributed by atoms with E-state index in [0.717, 1.165) is 25.0 Å². The van der Waals surface area contributed by atoms with Crippen molar-refractivity contribution in [2.75, 3.05) is 5.75 Å². The predicted octanol–water partition coefficient (Wildman–Crippen LogP) is 4.05. The quantitative estimate of drug-likeness (QED) is 0.339. The minimum atomic E-state index is -0.220. The molecule has 0 saturated carbocycles. The van der Waals surface area contributed by atoms with Crippen LogP contribution in [-0.4, -0.2) is 11.6 Å². The smallest absolute Gasteiger partial charge is 0.136 e. The van der Waals surface area contributed by atoms with E-state index in [1.54, 1.807) is 23.9 Å². The lowest BCUT2D eigenvalue weighted by Gasteiger charge is -2.22. The first kappa shape index (κ1) is 15.0. The lowest BCUT2D eigenvalue weighted by molar-refractivity contribution is 0.448. The summed E-state index contributed by atoms with van der Waals surface area (Å²) in [5, 5.41) is 7.46. The fourth-order valence-electron chi connectivity index (χ4n) is 1.55. The molecule has 2 nitrogen and oxygen atoms in total. The number of hydrogen-bond donors (Lipinski definition) is 2. The maximum atomic E-state index is 13.3. The molecule has 0 aliphatic rings. The Morgan fingerprint density at radius 2 is 2.00 bits per heavy atom. The number of rotatable bonds is 7. The summed E-state index contributed by atoms with van der Waals surface area (Å²) in [7, 11) is 0. The number of benzene rings is 1. The number of amidine groups is 1. The number of thioether (sulfide) groups is 1. The molecule has 4 heteroatoms. The minimum Gasteiger partial charge on any atom is -0.387 e. The summed E-state index contributed by atoms with van der Waals surface area (Å²) in [5.74, 6) is 0.991. The molecule has 0 bridgehead atoms. The van der Waals surface area contributed by atoms with Crippen LogP contribution in [0.4, 0.5) is 4.39 Å². The van der Waals surface area contributed by atoms with Gasteiger partial charge in [0.2, 0.25) is 0 Å². The van der Waals surface area contributed by atoms with E-state index in [1.165, 1.54) is 6.07 Å². The van der Waals surface area contributed by atoms with E-state index >= 15 is 0 Å². The fraction of sp³-hybridized carbons (Fsp3) is 0.500. The zero-order valence-electron chi connectivity index (χ0n) is 11.0. The van der Waals surface area contributed by atoms with Gasteiger partial charge in [0.05, 0.1) is 5.84 Å². The Morgan fingerprint density at radius 1 is 1.33 bits per heavy atom. The van der Waals surface area contributed by atoms with Crippen molar-refractivity contribution in [1.82, 2.24) is 0 Å². The van der Waals surface area contributed by atoms with Crippen molar-refractivity contribution < 1.29 is 4.39 Å². The third kappa shape index (κ3) is 4.69. The van der Waals surface area contributed by atoms with Gasteiger partial charge >= 0.3 is 0 Å². The molecule has 0 heterocycles. The molecule has 18 heavy (non-hydrogen) atoms. The molecule has 0 fully saturated rings. The van der Waals surface area contributed by atoms with Crippen LogP contribution in [0.15, 0.2) is 29.2 Å². The zero-order chi connectivity index (χ0) is 13.6. The van der Waals surface area contributed by atoms with Crippen molar-refractivity contribution in [3.63, 3.8) is 0 Å².